The molecule has 2 aromatic carbocycles. The summed E-state index contributed by atoms with van der Waals surface area (Å²) in [5.74, 6) is 0. The first-order valence-electron chi connectivity index (χ1n) is 5.86. The summed E-state index contributed by atoms with van der Waals surface area (Å²) >= 11 is 0. The second-order valence-electron chi connectivity index (χ2n) is 4.53. The second-order valence-corrected chi connectivity index (χ2v) is 4.53. The molecular formula is C15H15NO2. The summed E-state index contributed by atoms with van der Waals surface area (Å²) in [6, 6.07) is 13.2. The number of nitro benzene ring substituents is 1. The van der Waals surface area contributed by atoms with Crippen LogP contribution in [0.4, 0.5) is 5.69 Å². The largest absolute Gasteiger partial charge is 0.269 e. The van der Waals surface area contributed by atoms with Crippen molar-refractivity contribution < 1.29 is 4.92 Å². The number of hydrogen-bond donors (Lipinski definition) is 0. The van der Waals surface area contributed by atoms with Crippen molar-refractivity contribution >= 4 is 5.69 Å². The van der Waals surface area contributed by atoms with Crippen LogP contribution in [0.2, 0.25) is 0 Å². The van der Waals surface area contributed by atoms with Crippen molar-refractivity contribution in [2.24, 2.45) is 0 Å². The molecule has 0 bridgehead atoms. The molecular weight excluding hydrogens is 226 g/mol. The molecule has 0 atom stereocenters. The van der Waals surface area contributed by atoms with E-state index in [0.717, 1.165) is 17.5 Å². The fourth-order valence-electron chi connectivity index (χ4n) is 2.00. The minimum absolute atomic E-state index is 0.156. The van der Waals surface area contributed by atoms with Crippen LogP contribution in [0.3, 0.4) is 0 Å². The highest BCUT2D eigenvalue weighted by Gasteiger charge is 2.09. The predicted molar refractivity (Wildman–Crippen MR) is 71.8 cm³/mol. The van der Waals surface area contributed by atoms with Crippen molar-refractivity contribution in [3.05, 3.63) is 74.8 Å². The molecule has 0 unspecified atom stereocenters. The summed E-state index contributed by atoms with van der Waals surface area (Å²) in [6.07, 6.45) is 0.731. The molecule has 0 aliphatic rings. The maximum absolute atomic E-state index is 10.8. The number of nitrogens with zero attached hydrogens (tertiary/aromatic N) is 1. The van der Waals surface area contributed by atoms with Crippen LogP contribution in [0.5, 0.6) is 0 Å². The summed E-state index contributed by atoms with van der Waals surface area (Å²) in [4.78, 5) is 10.4. The van der Waals surface area contributed by atoms with E-state index < -0.39 is 0 Å². The number of hydrogen-bond acceptors (Lipinski definition) is 2. The first-order chi connectivity index (χ1) is 8.56. The van der Waals surface area contributed by atoms with Crippen molar-refractivity contribution in [1.29, 1.82) is 0 Å². The van der Waals surface area contributed by atoms with Gasteiger partial charge in [0.1, 0.15) is 0 Å². The van der Waals surface area contributed by atoms with Gasteiger partial charge in [-0.25, -0.2) is 0 Å². The summed E-state index contributed by atoms with van der Waals surface area (Å²) in [7, 11) is 0. The first kappa shape index (κ1) is 12.3. The van der Waals surface area contributed by atoms with E-state index in [1.165, 1.54) is 11.1 Å². The average molecular weight is 241 g/mol. The Morgan fingerprint density at radius 1 is 1.11 bits per heavy atom. The normalized spacial score (nSPS) is 10.3. The predicted octanol–water partition coefficient (Wildman–Crippen LogP) is 3.80. The van der Waals surface area contributed by atoms with E-state index in [1.54, 1.807) is 12.1 Å². The van der Waals surface area contributed by atoms with E-state index in [2.05, 4.69) is 6.07 Å². The zero-order valence-electron chi connectivity index (χ0n) is 10.5. The van der Waals surface area contributed by atoms with Gasteiger partial charge in [-0.15, -0.1) is 0 Å². The summed E-state index contributed by atoms with van der Waals surface area (Å²) in [5, 5.41) is 10.8. The maximum Gasteiger partial charge on any atom is 0.269 e. The van der Waals surface area contributed by atoms with E-state index in [4.69, 9.17) is 0 Å². The fourth-order valence-corrected chi connectivity index (χ4v) is 2.00. The molecule has 0 aromatic heterocycles. The van der Waals surface area contributed by atoms with Crippen LogP contribution in [0.1, 0.15) is 22.3 Å². The van der Waals surface area contributed by atoms with E-state index in [9.17, 15) is 10.1 Å². The van der Waals surface area contributed by atoms with Gasteiger partial charge in [0, 0.05) is 12.1 Å². The van der Waals surface area contributed by atoms with Crippen LogP contribution in [-0.2, 0) is 6.42 Å². The molecule has 0 saturated carbocycles. The van der Waals surface area contributed by atoms with Crippen molar-refractivity contribution in [3.8, 4) is 0 Å². The molecule has 92 valence electrons. The van der Waals surface area contributed by atoms with Gasteiger partial charge in [0.2, 0.25) is 0 Å². The lowest BCUT2D eigenvalue weighted by Crippen LogP contribution is -1.95. The van der Waals surface area contributed by atoms with Crippen LogP contribution in [-0.4, -0.2) is 4.92 Å². The molecule has 0 radical (unpaired) electrons. The Morgan fingerprint density at radius 3 is 2.56 bits per heavy atom. The van der Waals surface area contributed by atoms with Gasteiger partial charge in [-0.1, -0.05) is 35.9 Å². The van der Waals surface area contributed by atoms with Crippen molar-refractivity contribution in [3.63, 3.8) is 0 Å². The summed E-state index contributed by atoms with van der Waals surface area (Å²) < 4.78 is 0. The van der Waals surface area contributed by atoms with Gasteiger partial charge in [0.05, 0.1) is 4.92 Å². The Hall–Kier alpha value is -2.16. The lowest BCUT2D eigenvalue weighted by molar-refractivity contribution is -0.384. The van der Waals surface area contributed by atoms with E-state index in [0.29, 0.717) is 0 Å². The van der Waals surface area contributed by atoms with Gasteiger partial charge in [-0.3, -0.25) is 10.1 Å². The molecule has 2 aromatic rings. The Labute approximate surface area is 106 Å². The lowest BCUT2D eigenvalue weighted by atomic mass is 9.99. The molecule has 2 rings (SSSR count). The van der Waals surface area contributed by atoms with Gasteiger partial charge >= 0.3 is 0 Å². The highest BCUT2D eigenvalue weighted by atomic mass is 16.6. The average Bonchev–Trinajstić information content (AvgIpc) is 2.31. The highest BCUT2D eigenvalue weighted by Crippen LogP contribution is 2.20. The van der Waals surface area contributed by atoms with Crippen LogP contribution in [0.15, 0.2) is 42.5 Å². The molecule has 0 aliphatic heterocycles. The molecule has 3 heteroatoms. The third-order valence-corrected chi connectivity index (χ3v) is 3.02. The van der Waals surface area contributed by atoms with Gasteiger partial charge in [0.25, 0.3) is 5.69 Å². The standard InChI is InChI=1S/C15H15NO2/c1-11-4-3-5-13(8-11)9-14-10-15(16(17)18)7-6-12(14)2/h3-8,10H,9H2,1-2H3. The molecule has 0 saturated heterocycles. The Balaban J connectivity index is 2.33. The minimum Gasteiger partial charge on any atom is -0.258 e. The maximum atomic E-state index is 10.8. The first-order valence-corrected chi connectivity index (χ1v) is 5.86. The monoisotopic (exact) mass is 241 g/mol. The molecule has 0 heterocycles. The quantitative estimate of drug-likeness (QED) is 0.606. The molecule has 0 spiro atoms. The Bertz CT molecular complexity index is 591. The zero-order valence-corrected chi connectivity index (χ0v) is 10.5. The number of non-ortho nitro benzene ring substituents is 1. The lowest BCUT2D eigenvalue weighted by Gasteiger charge is -2.06. The van der Waals surface area contributed by atoms with Gasteiger partial charge in [-0.05, 0) is 37.0 Å². The third-order valence-electron chi connectivity index (χ3n) is 3.02. The molecule has 18 heavy (non-hydrogen) atoms. The SMILES string of the molecule is Cc1cccc(Cc2cc([N+](=O)[O-])ccc2C)c1. The Kier molecular flexibility index (Phi) is 3.42. The van der Waals surface area contributed by atoms with Crippen molar-refractivity contribution in [2.45, 2.75) is 20.3 Å². The van der Waals surface area contributed by atoms with Gasteiger partial charge < -0.3 is 0 Å². The number of benzene rings is 2. The molecule has 0 amide bonds. The summed E-state index contributed by atoms with van der Waals surface area (Å²) in [6.45, 7) is 4.03. The van der Waals surface area contributed by atoms with Crippen molar-refractivity contribution in [1.82, 2.24) is 0 Å². The molecule has 3 nitrogen and oxygen atoms in total. The van der Waals surface area contributed by atoms with Crippen LogP contribution < -0.4 is 0 Å². The van der Waals surface area contributed by atoms with Crippen LogP contribution in [0.25, 0.3) is 0 Å². The number of aryl methyl sites for hydroxylation is 2. The highest BCUT2D eigenvalue weighted by molar-refractivity contribution is 5.42. The van der Waals surface area contributed by atoms with Crippen molar-refractivity contribution in [2.75, 3.05) is 0 Å². The molecule has 0 N–H and O–H groups in total. The molecule has 0 aliphatic carbocycles. The fraction of sp³-hybridized carbons (Fsp3) is 0.200. The van der Waals surface area contributed by atoms with Gasteiger partial charge in [-0.2, -0.15) is 0 Å². The number of rotatable bonds is 3. The summed E-state index contributed by atoms with van der Waals surface area (Å²) in [5.41, 5.74) is 4.63. The molecule has 0 fully saturated rings. The van der Waals surface area contributed by atoms with E-state index >= 15 is 0 Å². The minimum atomic E-state index is -0.348. The van der Waals surface area contributed by atoms with Gasteiger partial charge in [0.15, 0.2) is 0 Å². The Morgan fingerprint density at radius 2 is 1.89 bits per heavy atom. The van der Waals surface area contributed by atoms with E-state index in [1.807, 2.05) is 38.1 Å². The zero-order chi connectivity index (χ0) is 13.1. The second kappa shape index (κ2) is 5.00. The smallest absolute Gasteiger partial charge is 0.258 e. The van der Waals surface area contributed by atoms with E-state index in [-0.39, 0.29) is 10.6 Å². The number of nitro groups is 1. The van der Waals surface area contributed by atoms with Crippen LogP contribution in [0, 0.1) is 24.0 Å². The third kappa shape index (κ3) is 2.74. The van der Waals surface area contributed by atoms with Crippen LogP contribution >= 0.6 is 0 Å². The topological polar surface area (TPSA) is 43.1 Å².